The molecule has 0 aromatic carbocycles. The van der Waals surface area contributed by atoms with Crippen LogP contribution >= 0.6 is 0 Å². The van der Waals surface area contributed by atoms with E-state index in [1.54, 1.807) is 0 Å². The minimum Gasteiger partial charge on any atom is -0.353 e. The fraction of sp³-hybridized carbons (Fsp3) is 0.913. The summed E-state index contributed by atoms with van der Waals surface area (Å²) in [6.07, 6.45) is 14.6. The predicted molar refractivity (Wildman–Crippen MR) is 102 cm³/mol. The molecule has 3 fully saturated rings. The zero-order valence-corrected chi connectivity index (χ0v) is 17.1. The first-order valence-electron chi connectivity index (χ1n) is 10.8. The van der Waals surface area contributed by atoms with Gasteiger partial charge in [-0.25, -0.2) is 0 Å². The fourth-order valence-electron chi connectivity index (χ4n) is 7.67. The van der Waals surface area contributed by atoms with Crippen molar-refractivity contribution in [2.24, 2.45) is 28.1 Å². The Hall–Kier alpha value is -0.340. The van der Waals surface area contributed by atoms with Crippen LogP contribution in [0.1, 0.15) is 85.5 Å². The van der Waals surface area contributed by atoms with Gasteiger partial charge in [-0.2, -0.15) is 0 Å². The number of allylic oxidation sites excluding steroid dienone is 2. The van der Waals surface area contributed by atoms with Crippen LogP contribution in [-0.4, -0.2) is 19.5 Å². The molecule has 0 heterocycles. The van der Waals surface area contributed by atoms with Gasteiger partial charge in [0, 0.05) is 25.6 Å². The molecule has 2 nitrogen and oxygen atoms in total. The minimum absolute atomic E-state index is 0.130. The summed E-state index contributed by atoms with van der Waals surface area (Å²) in [7, 11) is 1.86. The van der Waals surface area contributed by atoms with Crippen molar-refractivity contribution < 1.29 is 9.47 Å². The van der Waals surface area contributed by atoms with Crippen molar-refractivity contribution in [3.63, 3.8) is 0 Å². The first kappa shape index (κ1) is 18.0. The van der Waals surface area contributed by atoms with Gasteiger partial charge in [0.2, 0.25) is 0 Å². The number of methoxy groups -OCH3 is 1. The molecular formula is C23H38O2. The smallest absolute Gasteiger partial charge is 0.173 e. The standard InChI is InChI=1S/C23H38O2/c1-6-25-23(24-5)16-11-19-17-9-14-20(2)12-7-8-13-21(20,3)18(17)10-15-22(19,23)4/h10,17,19H,6-9,11-16H2,1-5H3. The van der Waals surface area contributed by atoms with Gasteiger partial charge in [-0.15, -0.1) is 0 Å². The first-order valence-corrected chi connectivity index (χ1v) is 10.8. The van der Waals surface area contributed by atoms with E-state index >= 15 is 0 Å². The second-order valence-electron chi connectivity index (χ2n) is 10.1. The van der Waals surface area contributed by atoms with Crippen LogP contribution < -0.4 is 0 Å². The van der Waals surface area contributed by atoms with Crippen molar-refractivity contribution in [1.82, 2.24) is 0 Å². The van der Waals surface area contributed by atoms with Gasteiger partial charge >= 0.3 is 0 Å². The molecule has 0 saturated heterocycles. The highest BCUT2D eigenvalue weighted by atomic mass is 16.7. The number of hydrogen-bond donors (Lipinski definition) is 0. The highest BCUT2D eigenvalue weighted by Crippen LogP contribution is 2.69. The summed E-state index contributed by atoms with van der Waals surface area (Å²) in [5.41, 5.74) is 2.91. The van der Waals surface area contributed by atoms with Crippen LogP contribution in [0.3, 0.4) is 0 Å². The fourth-order valence-corrected chi connectivity index (χ4v) is 7.67. The molecule has 6 atom stereocenters. The topological polar surface area (TPSA) is 18.5 Å². The summed E-state index contributed by atoms with van der Waals surface area (Å²) in [4.78, 5) is 0. The van der Waals surface area contributed by atoms with Gasteiger partial charge in [-0.1, -0.05) is 45.3 Å². The van der Waals surface area contributed by atoms with Gasteiger partial charge in [0.25, 0.3) is 0 Å². The Morgan fingerprint density at radius 2 is 1.80 bits per heavy atom. The summed E-state index contributed by atoms with van der Waals surface area (Å²) in [6.45, 7) is 10.5. The molecule has 3 saturated carbocycles. The summed E-state index contributed by atoms with van der Waals surface area (Å²) >= 11 is 0. The van der Waals surface area contributed by atoms with Crippen molar-refractivity contribution in [2.75, 3.05) is 13.7 Å². The van der Waals surface area contributed by atoms with Crippen molar-refractivity contribution in [1.29, 1.82) is 0 Å². The lowest BCUT2D eigenvalue weighted by Crippen LogP contribution is -2.55. The normalized spacial score (nSPS) is 52.1. The van der Waals surface area contributed by atoms with E-state index in [2.05, 4.69) is 33.8 Å². The molecule has 4 rings (SSSR count). The van der Waals surface area contributed by atoms with E-state index < -0.39 is 0 Å². The molecule has 0 radical (unpaired) electrons. The van der Waals surface area contributed by atoms with E-state index in [9.17, 15) is 0 Å². The molecule has 142 valence electrons. The third kappa shape index (κ3) is 2.16. The van der Waals surface area contributed by atoms with E-state index in [-0.39, 0.29) is 11.2 Å². The lowest BCUT2D eigenvalue weighted by atomic mass is 9.44. The quantitative estimate of drug-likeness (QED) is 0.453. The van der Waals surface area contributed by atoms with Gasteiger partial charge in [0.15, 0.2) is 5.79 Å². The number of fused-ring (bicyclic) bond motifs is 5. The maximum absolute atomic E-state index is 6.29. The lowest BCUT2D eigenvalue weighted by molar-refractivity contribution is -0.279. The zero-order chi connectivity index (χ0) is 17.9. The molecule has 4 aliphatic rings. The average molecular weight is 347 g/mol. The summed E-state index contributed by atoms with van der Waals surface area (Å²) < 4.78 is 12.4. The van der Waals surface area contributed by atoms with Crippen molar-refractivity contribution in [3.8, 4) is 0 Å². The number of hydrogen-bond acceptors (Lipinski definition) is 2. The summed E-state index contributed by atoms with van der Waals surface area (Å²) in [6, 6.07) is 0. The van der Waals surface area contributed by atoms with Crippen LogP contribution in [0.15, 0.2) is 11.6 Å². The summed E-state index contributed by atoms with van der Waals surface area (Å²) in [5.74, 6) is 1.11. The van der Waals surface area contributed by atoms with Gasteiger partial charge < -0.3 is 9.47 Å². The zero-order valence-electron chi connectivity index (χ0n) is 17.1. The van der Waals surface area contributed by atoms with Crippen LogP contribution in [0.25, 0.3) is 0 Å². The van der Waals surface area contributed by atoms with E-state index in [1.165, 1.54) is 44.9 Å². The Labute approximate surface area is 154 Å². The van der Waals surface area contributed by atoms with Gasteiger partial charge in [0.1, 0.15) is 0 Å². The van der Waals surface area contributed by atoms with Crippen LogP contribution in [0.2, 0.25) is 0 Å². The Morgan fingerprint density at radius 3 is 2.52 bits per heavy atom. The highest BCUT2D eigenvalue weighted by Gasteiger charge is 2.65. The largest absolute Gasteiger partial charge is 0.353 e. The molecule has 0 aliphatic heterocycles. The van der Waals surface area contributed by atoms with Crippen molar-refractivity contribution in [3.05, 3.63) is 11.6 Å². The third-order valence-electron chi connectivity index (χ3n) is 9.44. The van der Waals surface area contributed by atoms with Crippen LogP contribution in [0.4, 0.5) is 0 Å². The average Bonchev–Trinajstić information content (AvgIpc) is 2.89. The van der Waals surface area contributed by atoms with Crippen molar-refractivity contribution in [2.45, 2.75) is 91.3 Å². The highest BCUT2D eigenvalue weighted by molar-refractivity contribution is 5.31. The van der Waals surface area contributed by atoms with Crippen LogP contribution in [-0.2, 0) is 9.47 Å². The SMILES string of the molecule is CCOC1(OC)CCC2C3CCC4(C)CCCCC4(C)C3=CCC21C. The molecule has 2 heteroatoms. The molecule has 0 aromatic rings. The molecule has 25 heavy (non-hydrogen) atoms. The Bertz CT molecular complexity index is 568. The van der Waals surface area contributed by atoms with E-state index in [0.717, 1.165) is 31.3 Å². The van der Waals surface area contributed by atoms with Gasteiger partial charge in [0.05, 0.1) is 0 Å². The van der Waals surface area contributed by atoms with Gasteiger partial charge in [-0.3, -0.25) is 0 Å². The van der Waals surface area contributed by atoms with E-state index in [1.807, 2.05) is 12.7 Å². The first-order chi connectivity index (χ1) is 11.9. The monoisotopic (exact) mass is 346 g/mol. The maximum Gasteiger partial charge on any atom is 0.173 e. The summed E-state index contributed by atoms with van der Waals surface area (Å²) in [5, 5.41) is 0. The van der Waals surface area contributed by atoms with Crippen molar-refractivity contribution >= 4 is 0 Å². The second kappa shape index (κ2) is 5.83. The number of ether oxygens (including phenoxy) is 2. The Balaban J connectivity index is 1.73. The van der Waals surface area contributed by atoms with Crippen LogP contribution in [0, 0.1) is 28.1 Å². The van der Waals surface area contributed by atoms with Crippen LogP contribution in [0.5, 0.6) is 0 Å². The molecule has 0 spiro atoms. The predicted octanol–water partition coefficient (Wildman–Crippen LogP) is 6.11. The van der Waals surface area contributed by atoms with E-state index in [0.29, 0.717) is 10.8 Å². The Morgan fingerprint density at radius 1 is 1.04 bits per heavy atom. The second-order valence-corrected chi connectivity index (χ2v) is 10.1. The molecule has 0 aromatic heterocycles. The van der Waals surface area contributed by atoms with Gasteiger partial charge in [-0.05, 0) is 68.1 Å². The molecule has 0 bridgehead atoms. The molecule has 6 unspecified atom stereocenters. The molecule has 0 N–H and O–H groups in total. The molecule has 0 amide bonds. The molecule has 4 aliphatic carbocycles. The Kier molecular flexibility index (Phi) is 4.21. The van der Waals surface area contributed by atoms with E-state index in [4.69, 9.17) is 9.47 Å². The lowest BCUT2D eigenvalue weighted by Gasteiger charge is -2.61. The third-order valence-corrected chi connectivity index (χ3v) is 9.44. The molecular weight excluding hydrogens is 308 g/mol. The number of rotatable bonds is 3. The minimum atomic E-state index is -0.372. The maximum atomic E-state index is 6.29.